The van der Waals surface area contributed by atoms with Crippen LogP contribution in [-0.4, -0.2) is 28.9 Å². The Balaban J connectivity index is 2.43. The SMILES string of the molecule is N#Cc1ccc(N2CC(CBr)CC2=O)c(C(=O)O)c1. The number of hydrogen-bond acceptors (Lipinski definition) is 3. The van der Waals surface area contributed by atoms with Crippen molar-refractivity contribution in [2.75, 3.05) is 16.8 Å². The van der Waals surface area contributed by atoms with Gasteiger partial charge in [0.25, 0.3) is 0 Å². The normalized spacial score (nSPS) is 18.4. The predicted octanol–water partition coefficient (Wildman–Crippen LogP) is 2.00. The van der Waals surface area contributed by atoms with Gasteiger partial charge in [0.15, 0.2) is 0 Å². The third-order valence-corrected chi connectivity index (χ3v) is 3.99. The van der Waals surface area contributed by atoms with Crippen molar-refractivity contribution in [3.05, 3.63) is 29.3 Å². The number of anilines is 1. The molecule has 1 saturated heterocycles. The molecule has 0 aromatic heterocycles. The van der Waals surface area contributed by atoms with Gasteiger partial charge in [0.1, 0.15) is 0 Å². The molecule has 1 aliphatic heterocycles. The van der Waals surface area contributed by atoms with Crippen LogP contribution in [0.1, 0.15) is 22.3 Å². The Bertz CT molecular complexity index is 580. The van der Waals surface area contributed by atoms with Crippen LogP contribution in [0.3, 0.4) is 0 Å². The summed E-state index contributed by atoms with van der Waals surface area (Å²) in [6.07, 6.45) is 0.407. The number of aromatic carboxylic acids is 1. The molecule has 1 heterocycles. The van der Waals surface area contributed by atoms with Gasteiger partial charge in [0, 0.05) is 18.3 Å². The van der Waals surface area contributed by atoms with Gasteiger partial charge in [-0.15, -0.1) is 0 Å². The number of nitrogens with zero attached hydrogens (tertiary/aromatic N) is 2. The molecule has 1 N–H and O–H groups in total. The summed E-state index contributed by atoms with van der Waals surface area (Å²) in [5.74, 6) is -1.04. The molecule has 98 valence electrons. The second-order valence-corrected chi connectivity index (χ2v) is 5.03. The van der Waals surface area contributed by atoms with E-state index in [0.29, 0.717) is 24.0 Å². The minimum absolute atomic E-state index is 0.0115. The maximum Gasteiger partial charge on any atom is 0.337 e. The van der Waals surface area contributed by atoms with E-state index in [1.165, 1.54) is 23.1 Å². The lowest BCUT2D eigenvalue weighted by Crippen LogP contribution is -2.26. The molecule has 19 heavy (non-hydrogen) atoms. The fourth-order valence-corrected chi connectivity index (χ4v) is 2.56. The number of carboxylic acid groups (broad SMARTS) is 1. The summed E-state index contributed by atoms with van der Waals surface area (Å²) in [7, 11) is 0. The first-order valence-electron chi connectivity index (χ1n) is 5.70. The zero-order valence-corrected chi connectivity index (χ0v) is 11.6. The van der Waals surface area contributed by atoms with E-state index < -0.39 is 5.97 Å². The van der Waals surface area contributed by atoms with Gasteiger partial charge < -0.3 is 10.0 Å². The molecule has 0 saturated carbocycles. The maximum absolute atomic E-state index is 11.9. The lowest BCUT2D eigenvalue weighted by molar-refractivity contribution is -0.117. The fraction of sp³-hybridized carbons (Fsp3) is 0.308. The molecule has 1 unspecified atom stereocenters. The van der Waals surface area contributed by atoms with E-state index in [4.69, 9.17) is 5.26 Å². The molecular formula is C13H11BrN2O3. The molecule has 5 nitrogen and oxygen atoms in total. The Hall–Kier alpha value is -1.87. The van der Waals surface area contributed by atoms with Gasteiger partial charge >= 0.3 is 5.97 Å². The summed E-state index contributed by atoms with van der Waals surface area (Å²) in [6, 6.07) is 6.24. The monoisotopic (exact) mass is 322 g/mol. The molecule has 1 atom stereocenters. The van der Waals surface area contributed by atoms with E-state index in [2.05, 4.69) is 15.9 Å². The first kappa shape index (κ1) is 13.6. The van der Waals surface area contributed by atoms with Crippen molar-refractivity contribution in [2.45, 2.75) is 6.42 Å². The summed E-state index contributed by atoms with van der Waals surface area (Å²) in [4.78, 5) is 24.7. The summed E-state index contributed by atoms with van der Waals surface area (Å²) in [5, 5.41) is 18.7. The van der Waals surface area contributed by atoms with Crippen LogP contribution in [0.25, 0.3) is 0 Å². The van der Waals surface area contributed by atoms with Crippen LogP contribution < -0.4 is 4.90 Å². The Morgan fingerprint density at radius 1 is 1.58 bits per heavy atom. The Kier molecular flexibility index (Phi) is 3.86. The van der Waals surface area contributed by atoms with E-state index in [-0.39, 0.29) is 23.0 Å². The second kappa shape index (κ2) is 5.41. The van der Waals surface area contributed by atoms with Crippen LogP contribution in [0.4, 0.5) is 5.69 Å². The molecule has 1 aromatic carbocycles. The van der Waals surface area contributed by atoms with Crippen LogP contribution in [-0.2, 0) is 4.79 Å². The topological polar surface area (TPSA) is 81.4 Å². The first-order valence-corrected chi connectivity index (χ1v) is 6.82. The minimum atomic E-state index is -1.14. The van der Waals surface area contributed by atoms with Crippen LogP contribution in [0, 0.1) is 17.2 Å². The number of hydrogen-bond donors (Lipinski definition) is 1. The number of halogens is 1. The standard InChI is InChI=1S/C13H11BrN2O3/c14-5-9-4-12(17)16(7-9)11-2-1-8(6-15)3-10(11)13(18)19/h1-3,9H,4-5,7H2,(H,18,19). The maximum atomic E-state index is 11.9. The highest BCUT2D eigenvalue weighted by Crippen LogP contribution is 2.29. The molecule has 0 bridgehead atoms. The average Bonchev–Trinajstić information content (AvgIpc) is 2.79. The Labute approximate surface area is 118 Å². The molecular weight excluding hydrogens is 312 g/mol. The molecule has 1 aromatic rings. The van der Waals surface area contributed by atoms with Gasteiger partial charge in [0.2, 0.25) is 5.91 Å². The van der Waals surface area contributed by atoms with E-state index in [0.717, 1.165) is 0 Å². The van der Waals surface area contributed by atoms with Crippen LogP contribution in [0.2, 0.25) is 0 Å². The van der Waals surface area contributed by atoms with Gasteiger partial charge in [0.05, 0.1) is 22.9 Å². The van der Waals surface area contributed by atoms with Crippen molar-refractivity contribution in [3.63, 3.8) is 0 Å². The molecule has 6 heteroatoms. The average molecular weight is 323 g/mol. The van der Waals surface area contributed by atoms with Crippen molar-refractivity contribution in [3.8, 4) is 6.07 Å². The number of alkyl halides is 1. The zero-order valence-electron chi connectivity index (χ0n) is 9.97. The van der Waals surface area contributed by atoms with E-state index in [9.17, 15) is 14.7 Å². The number of amides is 1. The molecule has 0 spiro atoms. The summed E-state index contributed by atoms with van der Waals surface area (Å²) < 4.78 is 0. The third kappa shape index (κ3) is 2.61. The van der Waals surface area contributed by atoms with Crippen molar-refractivity contribution in [2.24, 2.45) is 5.92 Å². The molecule has 1 amide bonds. The summed E-state index contributed by atoms with van der Waals surface area (Å²) in [5.41, 5.74) is 0.618. The van der Waals surface area contributed by atoms with Crippen molar-refractivity contribution < 1.29 is 14.7 Å². The van der Waals surface area contributed by atoms with Gasteiger partial charge in [-0.05, 0) is 24.1 Å². The number of carbonyl (C=O) groups excluding carboxylic acids is 1. The van der Waals surface area contributed by atoms with Crippen molar-refractivity contribution >= 4 is 33.5 Å². The van der Waals surface area contributed by atoms with Gasteiger partial charge in [-0.1, -0.05) is 15.9 Å². The molecule has 2 rings (SSSR count). The largest absolute Gasteiger partial charge is 0.478 e. The van der Waals surface area contributed by atoms with Gasteiger partial charge in [-0.2, -0.15) is 5.26 Å². The number of nitriles is 1. The molecule has 1 aliphatic rings. The second-order valence-electron chi connectivity index (χ2n) is 4.38. The minimum Gasteiger partial charge on any atom is -0.478 e. The van der Waals surface area contributed by atoms with Gasteiger partial charge in [-0.25, -0.2) is 4.79 Å². The van der Waals surface area contributed by atoms with Crippen LogP contribution in [0.5, 0.6) is 0 Å². The number of benzene rings is 1. The van der Waals surface area contributed by atoms with Crippen molar-refractivity contribution in [1.82, 2.24) is 0 Å². The number of carboxylic acids is 1. The summed E-state index contributed by atoms with van der Waals surface area (Å²) in [6.45, 7) is 0.496. The molecule has 1 fully saturated rings. The third-order valence-electron chi connectivity index (χ3n) is 3.07. The van der Waals surface area contributed by atoms with Gasteiger partial charge in [-0.3, -0.25) is 4.79 Å². The molecule has 0 radical (unpaired) electrons. The van der Waals surface area contributed by atoms with Crippen LogP contribution in [0.15, 0.2) is 18.2 Å². The zero-order chi connectivity index (χ0) is 14.0. The lowest BCUT2D eigenvalue weighted by atomic mass is 10.1. The predicted molar refractivity (Wildman–Crippen MR) is 72.4 cm³/mol. The smallest absolute Gasteiger partial charge is 0.337 e. The highest BCUT2D eigenvalue weighted by atomic mass is 79.9. The quantitative estimate of drug-likeness (QED) is 0.863. The highest BCUT2D eigenvalue weighted by Gasteiger charge is 2.32. The fourth-order valence-electron chi connectivity index (χ4n) is 2.13. The Morgan fingerprint density at radius 3 is 2.84 bits per heavy atom. The highest BCUT2D eigenvalue weighted by molar-refractivity contribution is 9.09. The summed E-state index contributed by atoms with van der Waals surface area (Å²) >= 11 is 3.34. The lowest BCUT2D eigenvalue weighted by Gasteiger charge is -2.18. The van der Waals surface area contributed by atoms with E-state index >= 15 is 0 Å². The number of carbonyl (C=O) groups is 2. The Morgan fingerprint density at radius 2 is 2.32 bits per heavy atom. The van der Waals surface area contributed by atoms with Crippen molar-refractivity contribution in [1.29, 1.82) is 5.26 Å². The van der Waals surface area contributed by atoms with E-state index in [1.807, 2.05) is 6.07 Å². The first-order chi connectivity index (χ1) is 9.06. The van der Waals surface area contributed by atoms with E-state index in [1.54, 1.807) is 0 Å². The number of rotatable bonds is 3. The molecule has 0 aliphatic carbocycles. The van der Waals surface area contributed by atoms with Crippen LogP contribution >= 0.6 is 15.9 Å².